The van der Waals surface area contributed by atoms with Crippen molar-refractivity contribution in [2.75, 3.05) is 53.0 Å². The minimum Gasteiger partial charge on any atom is -0.467 e. The number of benzene rings is 1. The Hall–Kier alpha value is -4.23. The van der Waals surface area contributed by atoms with E-state index in [0.29, 0.717) is 25.4 Å². The zero-order valence-electron chi connectivity index (χ0n) is 46.1. The Morgan fingerprint density at radius 1 is 1.01 bits per heavy atom. The minimum absolute atomic E-state index is 0.0341. The molecule has 0 bridgehead atoms. The van der Waals surface area contributed by atoms with Gasteiger partial charge in [0.05, 0.1) is 30.1 Å². The van der Waals surface area contributed by atoms with Gasteiger partial charge in [-0.3, -0.25) is 34.3 Å². The molecule has 12 heteroatoms. The van der Waals surface area contributed by atoms with Crippen molar-refractivity contribution < 1.29 is 23.9 Å². The van der Waals surface area contributed by atoms with E-state index in [1.807, 2.05) is 53.0 Å². The number of allylic oxidation sites excluding steroid dienone is 3. The second kappa shape index (κ2) is 31.3. The summed E-state index contributed by atoms with van der Waals surface area (Å²) in [6.45, 7) is 33.1. The second-order valence-electron chi connectivity index (χ2n) is 20.3. The fraction of sp³-hybridized carbons (Fsp3) is 0.672. The highest BCUT2D eigenvalue weighted by atomic mass is 16.5. The van der Waals surface area contributed by atoms with E-state index in [1.165, 1.54) is 12.0 Å². The summed E-state index contributed by atoms with van der Waals surface area (Å²) in [5.74, 6) is 0.818. The number of aryl methyl sites for hydroxylation is 1. The molecule has 70 heavy (non-hydrogen) atoms. The molecule has 1 aromatic carbocycles. The van der Waals surface area contributed by atoms with Gasteiger partial charge in [-0.2, -0.15) is 0 Å². The van der Waals surface area contributed by atoms with Crippen molar-refractivity contribution in [2.45, 2.75) is 179 Å². The van der Waals surface area contributed by atoms with E-state index in [1.54, 1.807) is 12.1 Å². The van der Waals surface area contributed by atoms with Crippen LogP contribution in [-0.4, -0.2) is 104 Å². The number of aliphatic imine (C=N–C) groups is 1. The van der Waals surface area contributed by atoms with Crippen molar-refractivity contribution in [3.8, 4) is 0 Å². The van der Waals surface area contributed by atoms with Gasteiger partial charge in [0.15, 0.2) is 0 Å². The number of methoxy groups -OCH3 is 1. The number of aromatic nitrogens is 1. The van der Waals surface area contributed by atoms with E-state index in [-0.39, 0.29) is 54.2 Å². The van der Waals surface area contributed by atoms with Gasteiger partial charge in [-0.05, 0) is 144 Å². The molecule has 3 aliphatic rings. The van der Waals surface area contributed by atoms with Crippen LogP contribution in [-0.2, 0) is 23.9 Å². The van der Waals surface area contributed by atoms with Gasteiger partial charge in [0.2, 0.25) is 5.91 Å². The zero-order chi connectivity index (χ0) is 51.8. The maximum atomic E-state index is 14.7. The number of amides is 2. The monoisotopic (exact) mass is 970 g/mol. The smallest absolute Gasteiger partial charge is 0.293 e. The second-order valence-corrected chi connectivity index (χ2v) is 20.3. The lowest BCUT2D eigenvalue weighted by Crippen LogP contribution is -2.59. The molecule has 392 valence electrons. The first-order valence-corrected chi connectivity index (χ1v) is 27.0. The van der Waals surface area contributed by atoms with E-state index in [9.17, 15) is 14.4 Å². The van der Waals surface area contributed by atoms with Crippen LogP contribution < -0.4 is 16.1 Å². The Morgan fingerprint density at radius 2 is 1.73 bits per heavy atom. The molecule has 3 N–H and O–H groups in total. The molecule has 0 radical (unpaired) electrons. The van der Waals surface area contributed by atoms with Crippen molar-refractivity contribution >= 4 is 40.8 Å². The maximum absolute atomic E-state index is 14.7. The Balaban J connectivity index is 0.00000249. The largest absolute Gasteiger partial charge is 0.467 e. The van der Waals surface area contributed by atoms with Crippen molar-refractivity contribution in [3.05, 3.63) is 70.6 Å². The van der Waals surface area contributed by atoms with Crippen LogP contribution >= 0.6 is 0 Å². The lowest BCUT2D eigenvalue weighted by molar-refractivity contribution is -0.141. The normalized spacial score (nSPS) is 19.2. The van der Waals surface area contributed by atoms with E-state index in [2.05, 4.69) is 101 Å². The first-order chi connectivity index (χ1) is 33.7. The first-order valence-electron chi connectivity index (χ1n) is 27.0. The van der Waals surface area contributed by atoms with Crippen LogP contribution in [0.15, 0.2) is 47.6 Å². The Kier molecular flexibility index (Phi) is 26.8. The fourth-order valence-electron chi connectivity index (χ4n) is 10.2. The predicted octanol–water partition coefficient (Wildman–Crippen LogP) is 11.4. The number of hydrogen-bond donors (Lipinski definition) is 3. The lowest BCUT2D eigenvalue weighted by Gasteiger charge is -2.35. The third kappa shape index (κ3) is 17.5. The highest BCUT2D eigenvalue weighted by molar-refractivity contribution is 5.97. The Morgan fingerprint density at radius 3 is 2.34 bits per heavy atom. The summed E-state index contributed by atoms with van der Waals surface area (Å²) in [4.78, 5) is 53.0. The molecular formula is C58H95N7O5. The van der Waals surface area contributed by atoms with Crippen LogP contribution in [0.3, 0.4) is 0 Å². The number of likely N-dealkylation sites (tertiary alicyclic amines) is 1. The molecular weight excluding hydrogens is 875 g/mol. The molecule has 5 unspecified atom stereocenters. The molecule has 1 saturated carbocycles. The maximum Gasteiger partial charge on any atom is 0.293 e. The highest BCUT2D eigenvalue weighted by Crippen LogP contribution is 2.44. The number of nitrogens with one attached hydrogen (secondary N) is 3. The van der Waals surface area contributed by atoms with Gasteiger partial charge in [0, 0.05) is 61.6 Å². The molecule has 2 aromatic rings. The summed E-state index contributed by atoms with van der Waals surface area (Å²) >= 11 is 0. The molecule has 2 saturated heterocycles. The number of nitrogens with zero attached hydrogens (tertiary/aromatic N) is 4. The van der Waals surface area contributed by atoms with Crippen molar-refractivity contribution in [1.82, 2.24) is 31.0 Å². The molecule has 3 fully saturated rings. The quantitative estimate of drug-likeness (QED) is 0.0734. The Labute approximate surface area is 424 Å². The number of carbonyl (C=O) groups is 3. The van der Waals surface area contributed by atoms with E-state index >= 15 is 0 Å². The van der Waals surface area contributed by atoms with E-state index < -0.39 is 6.04 Å². The molecule has 12 nitrogen and oxygen atoms in total. The van der Waals surface area contributed by atoms with Gasteiger partial charge in [-0.25, -0.2) is 5.43 Å². The number of ether oxygens (including phenoxy) is 2. The minimum atomic E-state index is -0.765. The van der Waals surface area contributed by atoms with Gasteiger partial charge < -0.3 is 20.1 Å². The summed E-state index contributed by atoms with van der Waals surface area (Å²) in [6.07, 6.45) is 14.1. The van der Waals surface area contributed by atoms with Crippen LogP contribution in [0.4, 0.5) is 0 Å². The van der Waals surface area contributed by atoms with E-state index in [0.717, 1.165) is 129 Å². The molecule has 5 rings (SSSR count). The first kappa shape index (κ1) is 60.1. The number of hydrazine groups is 1. The van der Waals surface area contributed by atoms with Crippen LogP contribution in [0.1, 0.15) is 188 Å². The van der Waals surface area contributed by atoms with Gasteiger partial charge in [0.25, 0.3) is 12.4 Å². The topological polar surface area (TPSA) is 137 Å². The Bertz CT molecular complexity index is 2000. The third-order valence-corrected chi connectivity index (χ3v) is 13.9. The fourth-order valence-corrected chi connectivity index (χ4v) is 10.2. The third-order valence-electron chi connectivity index (χ3n) is 13.9. The summed E-state index contributed by atoms with van der Waals surface area (Å²) in [6, 6.07) is 9.63. The van der Waals surface area contributed by atoms with Gasteiger partial charge in [-0.1, -0.05) is 106 Å². The van der Waals surface area contributed by atoms with Gasteiger partial charge in [-0.15, -0.1) is 0 Å². The molecule has 2 amide bonds. The summed E-state index contributed by atoms with van der Waals surface area (Å²) in [7, 11) is 1.71. The van der Waals surface area contributed by atoms with E-state index in [4.69, 9.17) is 19.5 Å². The lowest BCUT2D eigenvalue weighted by atomic mass is 9.76. The summed E-state index contributed by atoms with van der Waals surface area (Å²) in [5, 5.41) is 8.56. The average Bonchev–Trinajstić information content (AvgIpc) is 4.08. The standard InChI is InChI=1S/C53H81N7O5.C3H8.C2H6/c1-11-36(4)48(43-21-18-25-55-49(43)39(7)64-10)45(31-53(8,9)34-65-35-61)44-30-42(23-22-37(44)5)46(12-2)57-38(6)29-47(52(63)60-27-17-16-26-56-60)58-51(62)50(41-19-14-15-20-41)59-28-24-40(33-59)32-54-13-3;1-3-2;1-2/h12,18,21-23,25,30,35-36,39-41,47,50,54,56H,11,13-17,19-20,24,26-29,31-34H2,1-10H3,(H,58,62);3H2,1-2H3;1-2H3/b46-12-,48-45+,57-38?;;. The van der Waals surface area contributed by atoms with Crippen molar-refractivity contribution in [3.63, 3.8) is 0 Å². The number of hydrogen-bond acceptors (Lipinski definition) is 10. The van der Waals surface area contributed by atoms with Crippen LogP contribution in [0.5, 0.6) is 0 Å². The number of rotatable bonds is 23. The number of carbonyl (C=O) groups excluding carboxylic acids is 3. The van der Waals surface area contributed by atoms with Gasteiger partial charge in [0.1, 0.15) is 6.04 Å². The molecule has 1 aromatic heterocycles. The SMILES string of the molecule is C/C=C(\N=C(C)CC(NC(=O)C(C1CCCC1)N1CCC(CNCC)C1)C(=O)N1CCCCN1)c1ccc(C)c(/C(CC(C)(C)COC=O)=C(/c2cccnc2C(C)OC)C(C)CC)c1.CC.CCC. The number of pyridine rings is 1. The molecule has 2 aliphatic heterocycles. The molecule has 1 aliphatic carbocycles. The molecule has 0 spiro atoms. The highest BCUT2D eigenvalue weighted by Gasteiger charge is 2.40. The summed E-state index contributed by atoms with van der Waals surface area (Å²) < 4.78 is 11.3. The van der Waals surface area contributed by atoms with Crippen molar-refractivity contribution in [1.29, 1.82) is 0 Å². The predicted molar refractivity (Wildman–Crippen MR) is 291 cm³/mol. The summed E-state index contributed by atoms with van der Waals surface area (Å²) in [5.41, 5.74) is 11.9. The zero-order valence-corrected chi connectivity index (χ0v) is 46.1. The van der Waals surface area contributed by atoms with Crippen LogP contribution in [0, 0.1) is 30.1 Å². The van der Waals surface area contributed by atoms with Crippen molar-refractivity contribution in [2.24, 2.45) is 28.2 Å². The molecule has 3 heterocycles. The van der Waals surface area contributed by atoms with Crippen LogP contribution in [0.2, 0.25) is 0 Å². The van der Waals surface area contributed by atoms with Crippen LogP contribution in [0.25, 0.3) is 16.8 Å². The van der Waals surface area contributed by atoms with Gasteiger partial charge >= 0.3 is 0 Å². The average molecular weight is 970 g/mol. The molecule has 5 atom stereocenters.